The lowest BCUT2D eigenvalue weighted by atomic mass is 10.1. The third kappa shape index (κ3) is 4.27. The largest absolute Gasteiger partial charge is 0.488 e. The lowest BCUT2D eigenvalue weighted by Crippen LogP contribution is -2.27. The molecule has 4 nitrogen and oxygen atoms in total. The van der Waals surface area contributed by atoms with Gasteiger partial charge in [0.15, 0.2) is 0 Å². The van der Waals surface area contributed by atoms with Crippen LogP contribution in [0.15, 0.2) is 77.7 Å². The van der Waals surface area contributed by atoms with E-state index in [-0.39, 0.29) is 11.1 Å². The number of ether oxygens (including phenoxy) is 1. The number of rotatable bonds is 5. The van der Waals surface area contributed by atoms with Gasteiger partial charge in [-0.25, -0.2) is 4.90 Å². The Morgan fingerprint density at radius 2 is 1.77 bits per heavy atom. The number of aryl methyl sites for hydroxylation is 1. The molecule has 0 aromatic heterocycles. The van der Waals surface area contributed by atoms with Crippen LogP contribution in [0.4, 0.5) is 10.5 Å². The maximum absolute atomic E-state index is 12.9. The van der Waals surface area contributed by atoms with Gasteiger partial charge in [0.25, 0.3) is 11.1 Å². The summed E-state index contributed by atoms with van der Waals surface area (Å²) >= 11 is 7.13. The number of nitrogens with zero attached hydrogens (tertiary/aromatic N) is 1. The van der Waals surface area contributed by atoms with Crippen LogP contribution in [0.25, 0.3) is 6.08 Å². The van der Waals surface area contributed by atoms with Crippen molar-refractivity contribution in [1.82, 2.24) is 0 Å². The Morgan fingerprint density at radius 1 is 1.00 bits per heavy atom. The van der Waals surface area contributed by atoms with Crippen LogP contribution in [0.1, 0.15) is 16.7 Å². The zero-order chi connectivity index (χ0) is 21.1. The van der Waals surface area contributed by atoms with Crippen LogP contribution >= 0.6 is 23.4 Å². The zero-order valence-corrected chi connectivity index (χ0v) is 17.7. The Morgan fingerprint density at radius 3 is 2.57 bits per heavy atom. The van der Waals surface area contributed by atoms with Crippen molar-refractivity contribution in [3.05, 3.63) is 99.4 Å². The molecule has 1 saturated heterocycles. The lowest BCUT2D eigenvalue weighted by Gasteiger charge is -2.13. The molecule has 0 aliphatic carbocycles. The number of amides is 2. The molecule has 0 radical (unpaired) electrons. The Bertz CT molecular complexity index is 1160. The third-order valence-corrected chi connectivity index (χ3v) is 5.84. The number of para-hydroxylation sites is 1. The van der Waals surface area contributed by atoms with E-state index in [2.05, 4.69) is 0 Å². The van der Waals surface area contributed by atoms with E-state index in [4.69, 9.17) is 16.3 Å². The molecule has 150 valence electrons. The third-order valence-electron chi connectivity index (χ3n) is 4.60. The van der Waals surface area contributed by atoms with Crippen molar-refractivity contribution in [2.45, 2.75) is 13.5 Å². The van der Waals surface area contributed by atoms with Gasteiger partial charge >= 0.3 is 0 Å². The maximum atomic E-state index is 12.9. The second-order valence-corrected chi connectivity index (χ2v) is 8.17. The van der Waals surface area contributed by atoms with Crippen LogP contribution in [0.2, 0.25) is 5.02 Å². The summed E-state index contributed by atoms with van der Waals surface area (Å²) < 4.78 is 5.96. The fourth-order valence-corrected chi connectivity index (χ4v) is 4.12. The molecule has 1 aliphatic heterocycles. The number of carbonyl (C=O) groups excluding carboxylic acids is 2. The molecule has 0 saturated carbocycles. The molecule has 6 heteroatoms. The second kappa shape index (κ2) is 8.78. The standard InChI is InChI=1S/C24H18ClNO3S/c1-16-7-6-10-19(13-16)26-23(27)22(30-24(26)28)14-17-8-3-5-12-21(17)29-15-18-9-2-4-11-20(18)25/h2-14H,15H2,1H3/b22-14-. The Labute approximate surface area is 184 Å². The predicted molar refractivity (Wildman–Crippen MR) is 122 cm³/mol. The number of anilines is 1. The number of halogens is 1. The summed E-state index contributed by atoms with van der Waals surface area (Å²) in [4.78, 5) is 27.0. The van der Waals surface area contributed by atoms with E-state index in [1.807, 2.05) is 73.7 Å². The number of hydrogen-bond acceptors (Lipinski definition) is 4. The number of benzene rings is 3. The lowest BCUT2D eigenvalue weighted by molar-refractivity contribution is -0.113. The number of carbonyl (C=O) groups is 2. The summed E-state index contributed by atoms with van der Waals surface area (Å²) in [7, 11) is 0. The molecule has 2 amide bonds. The first-order valence-electron chi connectivity index (χ1n) is 9.33. The normalized spacial score (nSPS) is 15.1. The molecule has 3 aromatic rings. The van der Waals surface area contributed by atoms with Crippen LogP contribution in [0, 0.1) is 6.92 Å². The monoisotopic (exact) mass is 435 g/mol. The Hall–Kier alpha value is -3.02. The van der Waals surface area contributed by atoms with Gasteiger partial charge in [-0.05, 0) is 54.6 Å². The highest BCUT2D eigenvalue weighted by Gasteiger charge is 2.36. The average molecular weight is 436 g/mol. The number of thioether (sulfide) groups is 1. The van der Waals surface area contributed by atoms with Gasteiger partial charge in [0.2, 0.25) is 0 Å². The number of hydrogen-bond donors (Lipinski definition) is 0. The zero-order valence-electron chi connectivity index (χ0n) is 16.2. The molecule has 0 unspecified atom stereocenters. The second-order valence-electron chi connectivity index (χ2n) is 6.77. The molecule has 3 aromatic carbocycles. The quantitative estimate of drug-likeness (QED) is 0.431. The molecule has 1 aliphatic rings. The summed E-state index contributed by atoms with van der Waals surface area (Å²) in [6, 6.07) is 22.2. The van der Waals surface area contributed by atoms with Crippen molar-refractivity contribution < 1.29 is 14.3 Å². The fourth-order valence-electron chi connectivity index (χ4n) is 3.10. The van der Waals surface area contributed by atoms with Gasteiger partial charge in [0.1, 0.15) is 12.4 Å². The molecule has 1 heterocycles. The first-order valence-corrected chi connectivity index (χ1v) is 10.5. The molecule has 4 rings (SSSR count). The minimum atomic E-state index is -0.337. The summed E-state index contributed by atoms with van der Waals surface area (Å²) in [5.74, 6) is 0.274. The van der Waals surface area contributed by atoms with Gasteiger partial charge in [-0.2, -0.15) is 0 Å². The van der Waals surface area contributed by atoms with E-state index < -0.39 is 0 Å². The minimum Gasteiger partial charge on any atom is -0.488 e. The van der Waals surface area contributed by atoms with Gasteiger partial charge in [-0.3, -0.25) is 9.59 Å². The Balaban J connectivity index is 1.59. The van der Waals surface area contributed by atoms with Crippen molar-refractivity contribution in [2.75, 3.05) is 4.90 Å². The summed E-state index contributed by atoms with van der Waals surface area (Å²) in [5, 5.41) is 0.320. The van der Waals surface area contributed by atoms with Crippen LogP contribution < -0.4 is 9.64 Å². The van der Waals surface area contributed by atoms with Crippen molar-refractivity contribution in [2.24, 2.45) is 0 Å². The van der Waals surface area contributed by atoms with Gasteiger partial charge in [-0.1, -0.05) is 60.1 Å². The summed E-state index contributed by atoms with van der Waals surface area (Å²) in [6.45, 7) is 2.22. The first kappa shape index (κ1) is 20.3. The van der Waals surface area contributed by atoms with Gasteiger partial charge in [0, 0.05) is 16.1 Å². The Kier molecular flexibility index (Phi) is 5.93. The van der Waals surface area contributed by atoms with E-state index in [1.54, 1.807) is 12.1 Å². The predicted octanol–water partition coefficient (Wildman–Crippen LogP) is 6.47. The molecule has 0 N–H and O–H groups in total. The van der Waals surface area contributed by atoms with Crippen LogP contribution in [-0.4, -0.2) is 11.1 Å². The highest BCUT2D eigenvalue weighted by molar-refractivity contribution is 8.19. The smallest absolute Gasteiger partial charge is 0.298 e. The van der Waals surface area contributed by atoms with Gasteiger partial charge in [0.05, 0.1) is 10.6 Å². The molecular weight excluding hydrogens is 418 g/mol. The minimum absolute atomic E-state index is 0.301. The maximum Gasteiger partial charge on any atom is 0.298 e. The van der Waals surface area contributed by atoms with Gasteiger partial charge in [-0.15, -0.1) is 0 Å². The first-order chi connectivity index (χ1) is 14.5. The van der Waals surface area contributed by atoms with Crippen molar-refractivity contribution in [1.29, 1.82) is 0 Å². The van der Waals surface area contributed by atoms with Crippen molar-refractivity contribution in [3.8, 4) is 5.75 Å². The van der Waals surface area contributed by atoms with Crippen molar-refractivity contribution >= 4 is 46.3 Å². The molecule has 1 fully saturated rings. The topological polar surface area (TPSA) is 46.6 Å². The van der Waals surface area contributed by atoms with Crippen LogP contribution in [0.5, 0.6) is 5.75 Å². The molecule has 0 bridgehead atoms. The highest BCUT2D eigenvalue weighted by Crippen LogP contribution is 2.37. The van der Waals surface area contributed by atoms with Gasteiger partial charge < -0.3 is 4.74 Å². The van der Waals surface area contributed by atoms with E-state index in [9.17, 15) is 9.59 Å². The fraction of sp³-hybridized carbons (Fsp3) is 0.0833. The van der Waals surface area contributed by atoms with E-state index in [1.165, 1.54) is 4.90 Å². The average Bonchev–Trinajstić information content (AvgIpc) is 3.01. The molecule has 0 atom stereocenters. The van der Waals surface area contributed by atoms with Crippen LogP contribution in [-0.2, 0) is 11.4 Å². The molecule has 30 heavy (non-hydrogen) atoms. The molecule has 0 spiro atoms. The number of imide groups is 1. The SMILES string of the molecule is Cc1cccc(N2C(=O)S/C(=C\c3ccccc3OCc3ccccc3Cl)C2=O)c1. The van der Waals surface area contributed by atoms with E-state index in [0.717, 1.165) is 28.5 Å². The summed E-state index contributed by atoms with van der Waals surface area (Å²) in [5.41, 5.74) is 3.14. The molecular formula is C24H18ClNO3S. The highest BCUT2D eigenvalue weighted by atomic mass is 35.5. The van der Waals surface area contributed by atoms with E-state index >= 15 is 0 Å². The van der Waals surface area contributed by atoms with Crippen molar-refractivity contribution in [3.63, 3.8) is 0 Å². The van der Waals surface area contributed by atoms with Crippen LogP contribution in [0.3, 0.4) is 0 Å². The summed E-state index contributed by atoms with van der Waals surface area (Å²) in [6.07, 6.45) is 1.70. The van der Waals surface area contributed by atoms with E-state index in [0.29, 0.717) is 28.0 Å².